The molecule has 0 aliphatic heterocycles. The van der Waals surface area contributed by atoms with Gasteiger partial charge in [-0.3, -0.25) is 0 Å². The number of methoxy groups -OCH3 is 1. The van der Waals surface area contributed by atoms with E-state index in [0.717, 1.165) is 22.5 Å². The molecule has 0 unspecified atom stereocenters. The van der Waals surface area contributed by atoms with Gasteiger partial charge in [0.2, 0.25) is 0 Å². The van der Waals surface area contributed by atoms with Crippen LogP contribution in [0.1, 0.15) is 25.0 Å². The molecule has 0 aliphatic rings. The standard InChI is InChI=1S/C21H23NO5S/c1-16(2)14-20(27-21(23)26-4)22(15-18-8-6-5-7-9-18)28(24,25)19-12-10-17(3)11-13-19/h5-13H,15H2,1-4H3. The summed E-state index contributed by atoms with van der Waals surface area (Å²) >= 11 is 0. The van der Waals surface area contributed by atoms with Crippen LogP contribution >= 0.6 is 0 Å². The van der Waals surface area contributed by atoms with Crippen LogP contribution in [0.2, 0.25) is 0 Å². The van der Waals surface area contributed by atoms with Crippen LogP contribution in [-0.2, 0) is 26.0 Å². The van der Waals surface area contributed by atoms with Gasteiger partial charge in [-0.2, -0.15) is 0 Å². The normalized spacial score (nSPS) is 10.6. The fraction of sp³-hybridized carbons (Fsp3) is 0.238. The van der Waals surface area contributed by atoms with Gasteiger partial charge < -0.3 is 9.47 Å². The number of benzene rings is 2. The predicted molar refractivity (Wildman–Crippen MR) is 106 cm³/mol. The van der Waals surface area contributed by atoms with Crippen LogP contribution in [0.3, 0.4) is 0 Å². The summed E-state index contributed by atoms with van der Waals surface area (Å²) in [6.45, 7) is 5.27. The Morgan fingerprint density at radius 3 is 2.18 bits per heavy atom. The van der Waals surface area contributed by atoms with Gasteiger partial charge in [-0.1, -0.05) is 53.8 Å². The summed E-state index contributed by atoms with van der Waals surface area (Å²) in [4.78, 5) is 11.8. The number of carbonyl (C=O) groups excluding carboxylic acids is 1. The Hall–Kier alpha value is -3.02. The number of hydrogen-bond acceptors (Lipinski definition) is 5. The average Bonchev–Trinajstić information content (AvgIpc) is 2.66. The van der Waals surface area contributed by atoms with E-state index in [9.17, 15) is 13.2 Å². The van der Waals surface area contributed by atoms with Crippen molar-refractivity contribution in [3.63, 3.8) is 0 Å². The molecule has 2 aromatic rings. The Bertz CT molecular complexity index is 985. The van der Waals surface area contributed by atoms with Crippen molar-refractivity contribution < 1.29 is 22.7 Å². The number of sulfonamides is 1. The zero-order valence-electron chi connectivity index (χ0n) is 16.3. The molecule has 0 aliphatic carbocycles. The minimum Gasteiger partial charge on any atom is -0.437 e. The van der Waals surface area contributed by atoms with Crippen molar-refractivity contribution in [1.29, 1.82) is 0 Å². The summed E-state index contributed by atoms with van der Waals surface area (Å²) in [5.74, 6) is -0.253. The maximum Gasteiger partial charge on any atom is 0.515 e. The highest BCUT2D eigenvalue weighted by atomic mass is 32.2. The lowest BCUT2D eigenvalue weighted by Gasteiger charge is -2.24. The second-order valence-corrected chi connectivity index (χ2v) is 8.16. The SMILES string of the molecule is COC(=O)OC(=C=C(C)C)N(Cc1ccccc1)S(=O)(=O)c1ccc(C)cc1. The molecule has 6 nitrogen and oxygen atoms in total. The number of rotatable bonds is 6. The van der Waals surface area contributed by atoms with Crippen LogP contribution in [0.4, 0.5) is 4.79 Å². The summed E-state index contributed by atoms with van der Waals surface area (Å²) in [5.41, 5.74) is 5.10. The van der Waals surface area contributed by atoms with Crippen molar-refractivity contribution in [3.05, 3.63) is 82.9 Å². The molecule has 0 atom stereocenters. The predicted octanol–water partition coefficient (Wildman–Crippen LogP) is 4.38. The molecule has 0 bridgehead atoms. The fourth-order valence-corrected chi connectivity index (χ4v) is 3.68. The van der Waals surface area contributed by atoms with Gasteiger partial charge in [0.1, 0.15) is 0 Å². The molecule has 0 spiro atoms. The molecule has 7 heteroatoms. The number of carbonyl (C=O) groups is 1. The lowest BCUT2D eigenvalue weighted by Crippen LogP contribution is -2.32. The zero-order chi connectivity index (χ0) is 20.7. The van der Waals surface area contributed by atoms with E-state index in [1.165, 1.54) is 12.1 Å². The highest BCUT2D eigenvalue weighted by molar-refractivity contribution is 7.89. The van der Waals surface area contributed by atoms with Gasteiger partial charge in [-0.05, 0) is 44.0 Å². The third-order valence-corrected chi connectivity index (χ3v) is 5.45. The molecule has 0 aromatic heterocycles. The van der Waals surface area contributed by atoms with E-state index in [4.69, 9.17) is 4.74 Å². The van der Waals surface area contributed by atoms with Gasteiger partial charge in [0.25, 0.3) is 15.9 Å². The first kappa shape index (κ1) is 21.3. The van der Waals surface area contributed by atoms with Crippen molar-refractivity contribution in [3.8, 4) is 0 Å². The fourth-order valence-electron chi connectivity index (χ4n) is 2.33. The molecular weight excluding hydrogens is 378 g/mol. The van der Waals surface area contributed by atoms with Crippen LogP contribution in [0.15, 0.2) is 76.7 Å². The topological polar surface area (TPSA) is 72.9 Å². The van der Waals surface area contributed by atoms with Crippen molar-refractivity contribution in [2.24, 2.45) is 0 Å². The maximum atomic E-state index is 13.4. The van der Waals surface area contributed by atoms with E-state index >= 15 is 0 Å². The van der Waals surface area contributed by atoms with Crippen molar-refractivity contribution >= 4 is 16.2 Å². The maximum absolute atomic E-state index is 13.4. The van der Waals surface area contributed by atoms with Gasteiger partial charge in [0.15, 0.2) is 0 Å². The van der Waals surface area contributed by atoms with E-state index in [-0.39, 0.29) is 17.3 Å². The molecule has 148 valence electrons. The monoisotopic (exact) mass is 401 g/mol. The van der Waals surface area contributed by atoms with Crippen molar-refractivity contribution in [2.45, 2.75) is 32.2 Å². The van der Waals surface area contributed by atoms with Crippen LogP contribution in [0.25, 0.3) is 0 Å². The van der Waals surface area contributed by atoms with Gasteiger partial charge in [-0.15, -0.1) is 0 Å². The van der Waals surface area contributed by atoms with E-state index in [0.29, 0.717) is 5.57 Å². The average molecular weight is 401 g/mol. The number of ether oxygens (including phenoxy) is 2. The van der Waals surface area contributed by atoms with Gasteiger partial charge in [0.05, 0.1) is 18.6 Å². The minimum atomic E-state index is -4.03. The molecule has 2 rings (SSSR count). The molecule has 0 saturated carbocycles. The van der Waals surface area contributed by atoms with E-state index < -0.39 is 16.2 Å². The quantitative estimate of drug-likeness (QED) is 0.408. The molecule has 0 N–H and O–H groups in total. The minimum absolute atomic E-state index is 0.0380. The molecular formula is C21H23NO5S. The number of allylic oxidation sites excluding steroid dienone is 1. The summed E-state index contributed by atoms with van der Waals surface area (Å²) in [7, 11) is -2.88. The zero-order valence-corrected chi connectivity index (χ0v) is 17.1. The second-order valence-electron chi connectivity index (χ2n) is 6.30. The van der Waals surface area contributed by atoms with Crippen LogP contribution in [0, 0.1) is 6.92 Å². The third kappa shape index (κ3) is 5.49. The molecule has 0 saturated heterocycles. The van der Waals surface area contributed by atoms with Crippen LogP contribution < -0.4 is 0 Å². The van der Waals surface area contributed by atoms with E-state index in [1.54, 1.807) is 50.2 Å². The number of hydrogen-bond donors (Lipinski definition) is 0. The first-order chi connectivity index (χ1) is 13.2. The first-order valence-electron chi connectivity index (χ1n) is 8.57. The Morgan fingerprint density at radius 2 is 1.64 bits per heavy atom. The molecule has 2 aromatic carbocycles. The number of aryl methyl sites for hydroxylation is 1. The van der Waals surface area contributed by atoms with Crippen molar-refractivity contribution in [1.82, 2.24) is 4.31 Å². The smallest absolute Gasteiger partial charge is 0.437 e. The highest BCUT2D eigenvalue weighted by Gasteiger charge is 2.30. The Morgan fingerprint density at radius 1 is 1.04 bits per heavy atom. The summed E-state index contributed by atoms with van der Waals surface area (Å²) < 4.78 is 37.4. The van der Waals surface area contributed by atoms with Crippen LogP contribution in [-0.4, -0.2) is 26.0 Å². The molecule has 28 heavy (non-hydrogen) atoms. The lowest BCUT2D eigenvalue weighted by molar-refractivity contribution is 0.0819. The largest absolute Gasteiger partial charge is 0.515 e. The third-order valence-electron chi connectivity index (χ3n) is 3.71. The van der Waals surface area contributed by atoms with E-state index in [1.807, 2.05) is 13.0 Å². The summed E-state index contributed by atoms with van der Waals surface area (Å²) in [6, 6.07) is 15.5. The van der Waals surface area contributed by atoms with Crippen molar-refractivity contribution in [2.75, 3.05) is 7.11 Å². The Balaban J connectivity index is 2.62. The molecule has 0 fully saturated rings. The molecule has 0 amide bonds. The number of nitrogens with zero attached hydrogens (tertiary/aromatic N) is 1. The second kappa shape index (κ2) is 9.26. The summed E-state index contributed by atoms with van der Waals surface area (Å²) in [5, 5.41) is 0. The Labute approximate surface area is 165 Å². The summed E-state index contributed by atoms with van der Waals surface area (Å²) in [6.07, 6.45) is -1.03. The van der Waals surface area contributed by atoms with Gasteiger partial charge in [-0.25, -0.2) is 17.5 Å². The first-order valence-corrected chi connectivity index (χ1v) is 10.0. The van der Waals surface area contributed by atoms with Gasteiger partial charge in [0, 0.05) is 0 Å². The van der Waals surface area contributed by atoms with E-state index in [2.05, 4.69) is 10.5 Å². The van der Waals surface area contributed by atoms with Crippen LogP contribution in [0.5, 0.6) is 0 Å². The molecule has 0 heterocycles. The lowest BCUT2D eigenvalue weighted by atomic mass is 10.2. The highest BCUT2D eigenvalue weighted by Crippen LogP contribution is 2.24. The molecule has 0 radical (unpaired) electrons. The Kier molecular flexibility index (Phi) is 7.04. The van der Waals surface area contributed by atoms with Gasteiger partial charge >= 0.3 is 6.16 Å².